The van der Waals surface area contributed by atoms with Gasteiger partial charge in [0.2, 0.25) is 0 Å². The molecule has 2 N–H and O–H groups in total. The van der Waals surface area contributed by atoms with Crippen molar-refractivity contribution in [3.63, 3.8) is 0 Å². The molecule has 0 aromatic carbocycles. The predicted molar refractivity (Wildman–Crippen MR) is 109 cm³/mol. The van der Waals surface area contributed by atoms with E-state index in [1.165, 1.54) is 0 Å². The summed E-state index contributed by atoms with van der Waals surface area (Å²) in [6, 6.07) is 2.08. The molecular weight excluding hydrogens is 413 g/mol. The Bertz CT molecular complexity index is 706. The van der Waals surface area contributed by atoms with Gasteiger partial charge >= 0.3 is 29.3 Å². The normalized spacial score (nSPS) is 13.9. The first-order valence-corrected chi connectivity index (χ1v) is 8.59. The molecule has 8 heteroatoms. The van der Waals surface area contributed by atoms with Crippen LogP contribution in [0.5, 0.6) is 0 Å². The summed E-state index contributed by atoms with van der Waals surface area (Å²) in [6.07, 6.45) is 3.20. The van der Waals surface area contributed by atoms with Crippen molar-refractivity contribution in [2.45, 2.75) is 59.7 Å². The number of carbonyl (C=O) groups excluding carboxylic acids is 2. The quantitative estimate of drug-likeness (QED) is 0.499. The Morgan fingerprint density at radius 1 is 1.10 bits per heavy atom. The fourth-order valence-electron chi connectivity index (χ4n) is 2.19. The molecule has 161 valence electrons. The monoisotopic (exact) mass is 444 g/mol. The molecule has 0 heterocycles. The van der Waals surface area contributed by atoms with Crippen LogP contribution in [0.2, 0.25) is 0 Å². The van der Waals surface area contributed by atoms with Crippen LogP contribution in [0.15, 0.2) is 35.1 Å². The Balaban J connectivity index is 0. The molecule has 0 saturated carbocycles. The molecule has 0 spiro atoms. The van der Waals surface area contributed by atoms with Crippen molar-refractivity contribution in [1.82, 2.24) is 4.90 Å². The number of hydrogen-bond donors (Lipinski definition) is 1. The molecule has 0 fully saturated rings. The molecule has 1 rings (SSSR count). The number of ether oxygens (including phenoxy) is 2. The van der Waals surface area contributed by atoms with Crippen LogP contribution in [0.4, 0.5) is 9.59 Å². The summed E-state index contributed by atoms with van der Waals surface area (Å²) in [6.45, 7) is 11.8. The number of nitriles is 1. The fraction of sp³-hybridized carbons (Fsp3) is 0.476. The molecule has 29 heavy (non-hydrogen) atoms. The van der Waals surface area contributed by atoms with Crippen molar-refractivity contribution in [3.05, 3.63) is 48.4 Å². The SMILES string of the molecule is C[C-]1C=C(N)C=C(CN(C(=O)OC(C)(C)C)C(=O)OC(C)(C)C)C(C#N)=C1.[CH3-].[Mn+2]. The molecule has 0 unspecified atom stereocenters. The number of amides is 2. The zero-order valence-electron chi connectivity index (χ0n) is 18.4. The van der Waals surface area contributed by atoms with Gasteiger partial charge in [-0.25, -0.2) is 19.8 Å². The molecular formula is C21H31MnN3O4. The molecule has 0 aromatic heterocycles. The third kappa shape index (κ3) is 10.1. The van der Waals surface area contributed by atoms with E-state index in [-0.39, 0.29) is 31.0 Å². The second-order valence-electron chi connectivity index (χ2n) is 8.27. The van der Waals surface area contributed by atoms with Crippen LogP contribution >= 0.6 is 0 Å². The van der Waals surface area contributed by atoms with Crippen LogP contribution in [0, 0.1) is 24.7 Å². The largest absolute Gasteiger partial charge is 2.00 e. The van der Waals surface area contributed by atoms with Crippen LogP contribution in [-0.2, 0) is 26.5 Å². The average molecular weight is 444 g/mol. The summed E-state index contributed by atoms with van der Waals surface area (Å²) in [4.78, 5) is 26.1. The van der Waals surface area contributed by atoms with Crippen molar-refractivity contribution < 1.29 is 36.1 Å². The van der Waals surface area contributed by atoms with Crippen molar-refractivity contribution in [1.29, 1.82) is 5.26 Å². The molecule has 0 saturated heterocycles. The molecule has 7 nitrogen and oxygen atoms in total. The van der Waals surface area contributed by atoms with E-state index in [0.29, 0.717) is 16.8 Å². The first-order valence-electron chi connectivity index (χ1n) is 8.59. The Labute approximate surface area is 185 Å². The number of allylic oxidation sites excluding steroid dienone is 3. The minimum Gasteiger partial charge on any atom is -0.449 e. The maximum Gasteiger partial charge on any atom is 2.00 e. The van der Waals surface area contributed by atoms with Crippen molar-refractivity contribution in [2.24, 2.45) is 5.73 Å². The van der Waals surface area contributed by atoms with Crippen LogP contribution in [0.1, 0.15) is 48.5 Å². The number of nitrogens with zero attached hydrogens (tertiary/aromatic N) is 2. The van der Waals surface area contributed by atoms with Crippen molar-refractivity contribution in [2.75, 3.05) is 6.54 Å². The van der Waals surface area contributed by atoms with Crippen molar-refractivity contribution >= 4 is 12.2 Å². The minimum absolute atomic E-state index is 0. The third-order valence-electron chi connectivity index (χ3n) is 3.13. The molecule has 0 aliphatic heterocycles. The van der Waals surface area contributed by atoms with Gasteiger partial charge in [-0.1, -0.05) is 18.2 Å². The van der Waals surface area contributed by atoms with E-state index in [1.807, 2.05) is 0 Å². The zero-order chi connectivity index (χ0) is 21.0. The summed E-state index contributed by atoms with van der Waals surface area (Å²) in [5.41, 5.74) is 5.47. The van der Waals surface area contributed by atoms with Crippen LogP contribution < -0.4 is 5.73 Å². The third-order valence-corrected chi connectivity index (χ3v) is 3.13. The van der Waals surface area contributed by atoms with Crippen LogP contribution in [-0.4, -0.2) is 34.8 Å². The molecule has 1 radical (unpaired) electrons. The van der Waals surface area contributed by atoms with Gasteiger partial charge < -0.3 is 22.6 Å². The second kappa shape index (κ2) is 11.0. The summed E-state index contributed by atoms with van der Waals surface area (Å²) in [5.74, 6) is 0.788. The van der Waals surface area contributed by atoms with E-state index in [9.17, 15) is 14.9 Å². The molecule has 2 amide bonds. The maximum atomic E-state index is 12.6. The second-order valence-corrected chi connectivity index (χ2v) is 8.27. The Kier molecular flexibility index (Phi) is 10.9. The summed E-state index contributed by atoms with van der Waals surface area (Å²) >= 11 is 0. The van der Waals surface area contributed by atoms with E-state index in [2.05, 4.69) is 6.07 Å². The average Bonchev–Trinajstić information content (AvgIpc) is 2.58. The molecule has 0 atom stereocenters. The van der Waals surface area contributed by atoms with Crippen LogP contribution in [0.3, 0.4) is 0 Å². The van der Waals surface area contributed by atoms with Crippen molar-refractivity contribution in [3.8, 4) is 6.07 Å². The number of imide groups is 1. The van der Waals surface area contributed by atoms with Gasteiger partial charge in [0.1, 0.15) is 11.2 Å². The van der Waals surface area contributed by atoms with Gasteiger partial charge in [-0.05, 0) is 47.1 Å². The van der Waals surface area contributed by atoms with Gasteiger partial charge in [0, 0.05) is 12.6 Å². The Morgan fingerprint density at radius 3 is 1.93 bits per heavy atom. The number of nitrogens with two attached hydrogens (primary N) is 1. The predicted octanol–water partition coefficient (Wildman–Crippen LogP) is 4.43. The smallest absolute Gasteiger partial charge is 0.449 e. The Morgan fingerprint density at radius 2 is 1.55 bits per heavy atom. The van der Waals surface area contributed by atoms with E-state index in [4.69, 9.17) is 15.2 Å². The van der Waals surface area contributed by atoms with Gasteiger partial charge in [0.25, 0.3) is 0 Å². The van der Waals surface area contributed by atoms with Gasteiger partial charge in [-0.2, -0.15) is 12.0 Å². The first kappa shape index (κ1) is 28.8. The van der Waals surface area contributed by atoms with Crippen LogP contribution in [0.25, 0.3) is 0 Å². The van der Waals surface area contributed by atoms with E-state index in [0.717, 1.165) is 10.8 Å². The molecule has 1 aliphatic rings. The number of hydrogen-bond acceptors (Lipinski definition) is 6. The van der Waals surface area contributed by atoms with Gasteiger partial charge in [-0.15, -0.1) is 12.2 Å². The number of rotatable bonds is 2. The summed E-state index contributed by atoms with van der Waals surface area (Å²) in [7, 11) is 0. The standard InChI is InChI=1S/C20H28N3O4.CH3.Mn/c1-13-8-14(11-21)15(10-16(22)9-13)12-23(17(24)26-19(2,3)4)18(25)27-20(5,6)7;;/h8-10H,12,22H2,1-7H3;1H3;/q2*-1;+2. The van der Waals surface area contributed by atoms with E-state index >= 15 is 0 Å². The molecule has 0 aromatic rings. The minimum atomic E-state index is -0.859. The Hall–Kier alpha value is -2.36. The molecule has 0 bridgehead atoms. The fourth-order valence-corrected chi connectivity index (χ4v) is 2.19. The maximum absolute atomic E-state index is 12.6. The van der Waals surface area contributed by atoms with E-state index < -0.39 is 23.4 Å². The van der Waals surface area contributed by atoms with Gasteiger partial charge in [-0.3, -0.25) is 0 Å². The summed E-state index contributed by atoms with van der Waals surface area (Å²) < 4.78 is 10.7. The number of carbonyl (C=O) groups is 2. The summed E-state index contributed by atoms with van der Waals surface area (Å²) in [5, 5.41) is 9.47. The topological polar surface area (TPSA) is 106 Å². The van der Waals surface area contributed by atoms with Gasteiger partial charge in [0.05, 0.1) is 0 Å². The zero-order valence-corrected chi connectivity index (χ0v) is 19.6. The molecule has 1 aliphatic carbocycles. The first-order chi connectivity index (χ1) is 12.2. The van der Waals surface area contributed by atoms with E-state index in [1.54, 1.807) is 66.7 Å². The van der Waals surface area contributed by atoms with Gasteiger partial charge in [0.15, 0.2) is 0 Å².